The van der Waals surface area contributed by atoms with Crippen molar-refractivity contribution in [3.05, 3.63) is 23.5 Å². The van der Waals surface area contributed by atoms with Crippen LogP contribution in [0.5, 0.6) is 5.75 Å². The molecular weight excluding hydrogens is 448 g/mol. The topological polar surface area (TPSA) is 64.4 Å². The summed E-state index contributed by atoms with van der Waals surface area (Å²) in [5.74, 6) is 8.53. The Balaban J connectivity index is 2.06. The van der Waals surface area contributed by atoms with Crippen LogP contribution in [-0.4, -0.2) is 36.5 Å². The van der Waals surface area contributed by atoms with Gasteiger partial charge in [-0.1, -0.05) is 47.5 Å². The van der Waals surface area contributed by atoms with E-state index in [0.717, 1.165) is 25.7 Å². The molecule has 0 aliphatic heterocycles. The third-order valence-electron chi connectivity index (χ3n) is 8.63. The van der Waals surface area contributed by atoms with Crippen LogP contribution in [0.15, 0.2) is 12.1 Å². The molecule has 0 amide bonds. The van der Waals surface area contributed by atoms with Gasteiger partial charge in [0.1, 0.15) is 17.9 Å². The Hall–Kier alpha value is -2.08. The quantitative estimate of drug-likeness (QED) is 0.287. The zero-order chi connectivity index (χ0) is 27.1. The van der Waals surface area contributed by atoms with Crippen molar-refractivity contribution < 1.29 is 14.2 Å². The summed E-state index contributed by atoms with van der Waals surface area (Å²) in [6.07, 6.45) is 5.21. The van der Waals surface area contributed by atoms with E-state index in [2.05, 4.69) is 85.2 Å². The van der Waals surface area contributed by atoms with Gasteiger partial charge in [0.05, 0.1) is 18.3 Å². The summed E-state index contributed by atoms with van der Waals surface area (Å²) >= 11 is 0. The van der Waals surface area contributed by atoms with E-state index in [1.807, 2.05) is 12.1 Å². The van der Waals surface area contributed by atoms with Crippen LogP contribution in [0.25, 0.3) is 0 Å². The van der Waals surface area contributed by atoms with Crippen LogP contribution in [0.4, 0.5) is 0 Å². The molecule has 0 radical (unpaired) electrons. The Morgan fingerprint density at radius 1 is 1.08 bits per heavy atom. The summed E-state index contributed by atoms with van der Waals surface area (Å²) in [7, 11) is 1.71. The molecule has 1 fully saturated rings. The predicted octanol–water partition coefficient (Wildman–Crippen LogP) is 7.17. The van der Waals surface area contributed by atoms with Crippen LogP contribution in [-0.2, 0) is 9.47 Å². The molecule has 5 heteroatoms. The zero-order valence-electron chi connectivity index (χ0n) is 24.3. The Labute approximate surface area is 220 Å². The van der Waals surface area contributed by atoms with Crippen LogP contribution in [0.1, 0.15) is 106 Å². The Bertz CT molecular complexity index is 960. The van der Waals surface area contributed by atoms with Crippen LogP contribution in [0, 0.1) is 45.8 Å². The third-order valence-corrected chi connectivity index (χ3v) is 8.63. The number of hydrogen-bond donors (Lipinski definition) is 0. The largest absolute Gasteiger partial charge is 0.487 e. The molecular formula is C31H48N2O3. The number of aromatic nitrogens is 1. The number of nitrogens with zero attached hydrogens (tertiary/aromatic N) is 2. The van der Waals surface area contributed by atoms with Gasteiger partial charge >= 0.3 is 0 Å². The molecule has 36 heavy (non-hydrogen) atoms. The van der Waals surface area contributed by atoms with E-state index in [-0.39, 0.29) is 34.3 Å². The lowest BCUT2D eigenvalue weighted by molar-refractivity contribution is -0.0936. The Morgan fingerprint density at radius 3 is 2.31 bits per heavy atom. The minimum absolute atomic E-state index is 0.0721. The van der Waals surface area contributed by atoms with Crippen molar-refractivity contribution in [1.82, 2.24) is 4.98 Å². The van der Waals surface area contributed by atoms with Gasteiger partial charge in [0, 0.05) is 30.8 Å². The maximum absolute atomic E-state index is 9.60. The molecule has 2 unspecified atom stereocenters. The number of hydrogen-bond acceptors (Lipinski definition) is 5. The second kappa shape index (κ2) is 12.4. The predicted molar refractivity (Wildman–Crippen MR) is 146 cm³/mol. The summed E-state index contributed by atoms with van der Waals surface area (Å²) < 4.78 is 17.8. The van der Waals surface area contributed by atoms with Gasteiger partial charge in [0.15, 0.2) is 11.4 Å². The van der Waals surface area contributed by atoms with Gasteiger partial charge in [-0.05, 0) is 69.9 Å². The molecule has 2 rings (SSSR count). The average Bonchev–Trinajstić information content (AvgIpc) is 2.82. The first-order valence-electron chi connectivity index (χ1n) is 13.5. The number of nitriles is 1. The molecule has 0 bridgehead atoms. The van der Waals surface area contributed by atoms with Gasteiger partial charge in [-0.25, -0.2) is 4.98 Å². The SMILES string of the molecule is CCC(C)(CCC(C)C(C)C)OCC(C)(C)C(C)(C)C#Cc1ccc(OC2CC(OC)C2)c(C#N)n1. The first-order chi connectivity index (χ1) is 16.8. The van der Waals surface area contributed by atoms with E-state index in [0.29, 0.717) is 29.9 Å². The van der Waals surface area contributed by atoms with E-state index in [9.17, 15) is 5.26 Å². The van der Waals surface area contributed by atoms with Crippen molar-refractivity contribution in [2.45, 2.75) is 112 Å². The molecule has 200 valence electrons. The standard InChI is InChI=1S/C31H48N2O3/c1-11-31(9,17-14-23(4)22(2)3)35-21-30(7,8)29(5,6)16-15-24-12-13-28(27(20-32)33-24)36-26-18-25(19-26)34-10/h12-13,22-23,25-26H,11,14,17-19,21H2,1-10H3. The zero-order valence-corrected chi connectivity index (χ0v) is 24.3. The molecule has 1 heterocycles. The van der Waals surface area contributed by atoms with Gasteiger partial charge in [-0.15, -0.1) is 0 Å². The second-order valence-corrected chi connectivity index (χ2v) is 12.3. The minimum Gasteiger partial charge on any atom is -0.487 e. The molecule has 2 atom stereocenters. The fourth-order valence-corrected chi connectivity index (χ4v) is 3.82. The average molecular weight is 497 g/mol. The number of ether oxygens (including phenoxy) is 3. The summed E-state index contributed by atoms with van der Waals surface area (Å²) in [4.78, 5) is 4.46. The molecule has 1 aliphatic rings. The lowest BCUT2D eigenvalue weighted by atomic mass is 9.68. The first kappa shape index (κ1) is 30.1. The Kier molecular flexibility index (Phi) is 10.4. The summed E-state index contributed by atoms with van der Waals surface area (Å²) in [6, 6.07) is 5.80. The maximum atomic E-state index is 9.60. The molecule has 1 aromatic rings. The highest BCUT2D eigenvalue weighted by Gasteiger charge is 2.38. The van der Waals surface area contributed by atoms with Gasteiger partial charge < -0.3 is 14.2 Å². The number of pyridine rings is 1. The highest BCUT2D eigenvalue weighted by molar-refractivity contribution is 5.42. The Morgan fingerprint density at radius 2 is 1.75 bits per heavy atom. The van der Waals surface area contributed by atoms with E-state index >= 15 is 0 Å². The molecule has 0 N–H and O–H groups in total. The van der Waals surface area contributed by atoms with Gasteiger partial charge in [-0.3, -0.25) is 0 Å². The van der Waals surface area contributed by atoms with Gasteiger partial charge in [0.2, 0.25) is 0 Å². The third kappa shape index (κ3) is 7.96. The van der Waals surface area contributed by atoms with Crippen molar-refractivity contribution >= 4 is 0 Å². The first-order valence-corrected chi connectivity index (χ1v) is 13.5. The fourth-order valence-electron chi connectivity index (χ4n) is 3.82. The highest BCUT2D eigenvalue weighted by Crippen LogP contribution is 2.40. The highest BCUT2D eigenvalue weighted by atomic mass is 16.5. The summed E-state index contributed by atoms with van der Waals surface area (Å²) in [6.45, 7) is 20.7. The monoisotopic (exact) mass is 496 g/mol. The number of methoxy groups -OCH3 is 1. The molecule has 0 saturated heterocycles. The van der Waals surface area contributed by atoms with Gasteiger partial charge in [-0.2, -0.15) is 5.26 Å². The molecule has 0 aromatic carbocycles. The van der Waals surface area contributed by atoms with Gasteiger partial charge in [0.25, 0.3) is 0 Å². The van der Waals surface area contributed by atoms with Crippen LogP contribution in [0.3, 0.4) is 0 Å². The van der Waals surface area contributed by atoms with Crippen molar-refractivity contribution in [1.29, 1.82) is 5.26 Å². The summed E-state index contributed by atoms with van der Waals surface area (Å²) in [5, 5.41) is 9.60. The fraction of sp³-hybridized carbons (Fsp3) is 0.742. The maximum Gasteiger partial charge on any atom is 0.183 e. The molecule has 5 nitrogen and oxygen atoms in total. The molecule has 1 aliphatic carbocycles. The van der Waals surface area contributed by atoms with Crippen LogP contribution >= 0.6 is 0 Å². The smallest absolute Gasteiger partial charge is 0.183 e. The van der Waals surface area contributed by atoms with E-state index in [1.54, 1.807) is 7.11 Å². The van der Waals surface area contributed by atoms with Crippen molar-refractivity contribution in [2.75, 3.05) is 13.7 Å². The molecule has 0 spiro atoms. The van der Waals surface area contributed by atoms with Crippen molar-refractivity contribution in [2.24, 2.45) is 22.7 Å². The lowest BCUT2D eigenvalue weighted by Gasteiger charge is -2.41. The lowest BCUT2D eigenvalue weighted by Crippen LogP contribution is -2.40. The van der Waals surface area contributed by atoms with E-state index < -0.39 is 0 Å². The number of rotatable bonds is 12. The van der Waals surface area contributed by atoms with E-state index in [1.165, 1.54) is 6.42 Å². The van der Waals surface area contributed by atoms with E-state index in [4.69, 9.17) is 14.2 Å². The van der Waals surface area contributed by atoms with Crippen molar-refractivity contribution in [3.8, 4) is 23.7 Å². The second-order valence-electron chi connectivity index (χ2n) is 12.3. The molecule has 1 aromatic heterocycles. The van der Waals surface area contributed by atoms with Crippen LogP contribution in [0.2, 0.25) is 0 Å². The van der Waals surface area contributed by atoms with Crippen LogP contribution < -0.4 is 4.74 Å². The minimum atomic E-state index is -0.322. The summed E-state index contributed by atoms with van der Waals surface area (Å²) in [5.41, 5.74) is 0.221. The van der Waals surface area contributed by atoms with Crippen molar-refractivity contribution in [3.63, 3.8) is 0 Å². The normalized spacial score (nSPS) is 20.5. The molecule has 1 saturated carbocycles.